The van der Waals surface area contributed by atoms with Crippen LogP contribution >= 0.6 is 0 Å². The highest BCUT2D eigenvalue weighted by molar-refractivity contribution is 5.41. The van der Waals surface area contributed by atoms with Gasteiger partial charge in [-0.2, -0.15) is 5.26 Å². The van der Waals surface area contributed by atoms with Gasteiger partial charge in [0, 0.05) is 0 Å². The Kier molecular flexibility index (Phi) is 3.61. The summed E-state index contributed by atoms with van der Waals surface area (Å²) in [5.74, 6) is 5.51. The van der Waals surface area contributed by atoms with Crippen molar-refractivity contribution in [2.75, 3.05) is 0 Å². The second-order valence-corrected chi connectivity index (χ2v) is 5.66. The van der Waals surface area contributed by atoms with Gasteiger partial charge in [0.1, 0.15) is 5.54 Å². The number of benzene rings is 1. The van der Waals surface area contributed by atoms with Crippen LogP contribution in [0.1, 0.15) is 44.4 Å². The molecule has 1 aromatic carbocycles. The molecule has 0 fully saturated rings. The predicted molar refractivity (Wildman–Crippen MR) is 70.2 cm³/mol. The molecule has 1 rings (SSSR count). The lowest BCUT2D eigenvalue weighted by atomic mass is 9.81. The van der Waals surface area contributed by atoms with Crippen LogP contribution in [-0.2, 0) is 11.0 Å². The smallest absolute Gasteiger partial charge is 0.141 e. The molecule has 17 heavy (non-hydrogen) atoms. The topological polar surface area (TPSA) is 61.8 Å². The third-order valence-corrected chi connectivity index (χ3v) is 3.15. The number of hydrogen-bond acceptors (Lipinski definition) is 3. The first kappa shape index (κ1) is 13.7. The third kappa shape index (κ3) is 2.66. The fraction of sp³-hybridized carbons (Fsp3) is 0.500. The zero-order valence-corrected chi connectivity index (χ0v) is 11.3. The van der Waals surface area contributed by atoms with Crippen molar-refractivity contribution >= 4 is 0 Å². The van der Waals surface area contributed by atoms with Crippen molar-refractivity contribution in [3.8, 4) is 6.07 Å². The van der Waals surface area contributed by atoms with E-state index in [0.717, 1.165) is 11.1 Å². The van der Waals surface area contributed by atoms with Gasteiger partial charge < -0.3 is 0 Å². The maximum Gasteiger partial charge on any atom is 0.141 e. The molecule has 0 bridgehead atoms. The Morgan fingerprint density at radius 3 is 2.24 bits per heavy atom. The molecule has 0 heterocycles. The van der Waals surface area contributed by atoms with Crippen molar-refractivity contribution in [2.45, 2.75) is 45.6 Å². The molecule has 0 aliphatic rings. The van der Waals surface area contributed by atoms with Crippen LogP contribution < -0.4 is 11.3 Å². The molecule has 0 radical (unpaired) electrons. The molecule has 0 saturated carbocycles. The van der Waals surface area contributed by atoms with Crippen LogP contribution in [0.2, 0.25) is 0 Å². The monoisotopic (exact) mass is 231 g/mol. The summed E-state index contributed by atoms with van der Waals surface area (Å²) in [5.41, 5.74) is 5.04. The molecule has 1 unspecified atom stereocenters. The van der Waals surface area contributed by atoms with Crippen LogP contribution in [0, 0.1) is 18.3 Å². The highest BCUT2D eigenvalue weighted by Gasteiger charge is 2.28. The molecule has 0 spiro atoms. The Morgan fingerprint density at radius 2 is 1.82 bits per heavy atom. The number of nitrogens with one attached hydrogen (secondary N) is 1. The van der Waals surface area contributed by atoms with Crippen LogP contribution in [0.25, 0.3) is 0 Å². The lowest BCUT2D eigenvalue weighted by molar-refractivity contribution is 0.477. The predicted octanol–water partition coefficient (Wildman–Crippen LogP) is 2.49. The van der Waals surface area contributed by atoms with Gasteiger partial charge in [0.2, 0.25) is 0 Å². The van der Waals surface area contributed by atoms with E-state index in [1.165, 1.54) is 5.56 Å². The molecule has 0 aliphatic heterocycles. The summed E-state index contributed by atoms with van der Waals surface area (Å²) >= 11 is 0. The average molecular weight is 231 g/mol. The standard InChI is InChI=1S/C14H21N3/c1-10-6-7-11(13(2,3)4)8-12(10)14(5,9-15)17-16/h6-8,17H,16H2,1-5H3. The van der Waals surface area contributed by atoms with E-state index in [2.05, 4.69) is 44.4 Å². The van der Waals surface area contributed by atoms with E-state index in [-0.39, 0.29) is 5.41 Å². The maximum atomic E-state index is 9.26. The van der Waals surface area contributed by atoms with Crippen LogP contribution in [0.3, 0.4) is 0 Å². The zero-order valence-electron chi connectivity index (χ0n) is 11.3. The van der Waals surface area contributed by atoms with E-state index in [0.29, 0.717) is 0 Å². The van der Waals surface area contributed by atoms with E-state index < -0.39 is 5.54 Å². The minimum Gasteiger partial charge on any atom is -0.270 e. The third-order valence-electron chi connectivity index (χ3n) is 3.15. The summed E-state index contributed by atoms with van der Waals surface area (Å²) in [6, 6.07) is 8.44. The minimum absolute atomic E-state index is 0.0629. The van der Waals surface area contributed by atoms with Gasteiger partial charge >= 0.3 is 0 Å². The summed E-state index contributed by atoms with van der Waals surface area (Å²) < 4.78 is 0. The van der Waals surface area contributed by atoms with E-state index in [4.69, 9.17) is 5.84 Å². The Morgan fingerprint density at radius 1 is 1.24 bits per heavy atom. The Labute approximate surface area is 104 Å². The summed E-state index contributed by atoms with van der Waals surface area (Å²) in [7, 11) is 0. The van der Waals surface area contributed by atoms with Crippen LogP contribution in [0.4, 0.5) is 0 Å². The Bertz CT molecular complexity index is 452. The van der Waals surface area contributed by atoms with Gasteiger partial charge in [-0.25, -0.2) is 5.43 Å². The summed E-state index contributed by atoms with van der Waals surface area (Å²) in [6.45, 7) is 10.2. The fourth-order valence-corrected chi connectivity index (χ4v) is 1.80. The van der Waals surface area contributed by atoms with E-state index in [1.54, 1.807) is 6.92 Å². The molecule has 0 aliphatic carbocycles. The zero-order chi connectivity index (χ0) is 13.3. The number of aryl methyl sites for hydroxylation is 1. The number of hydrogen-bond donors (Lipinski definition) is 2. The second kappa shape index (κ2) is 4.48. The number of nitrogens with zero attached hydrogens (tertiary/aromatic N) is 1. The average Bonchev–Trinajstić information content (AvgIpc) is 2.27. The maximum absolute atomic E-state index is 9.26. The first-order chi connectivity index (χ1) is 7.74. The van der Waals surface area contributed by atoms with Crippen molar-refractivity contribution in [1.29, 1.82) is 5.26 Å². The molecule has 0 amide bonds. The van der Waals surface area contributed by atoms with Crippen LogP contribution in [0.15, 0.2) is 18.2 Å². The van der Waals surface area contributed by atoms with Crippen molar-refractivity contribution < 1.29 is 0 Å². The molecule has 3 heteroatoms. The van der Waals surface area contributed by atoms with Gasteiger partial charge in [0.15, 0.2) is 0 Å². The van der Waals surface area contributed by atoms with Crippen molar-refractivity contribution in [3.63, 3.8) is 0 Å². The van der Waals surface area contributed by atoms with E-state index >= 15 is 0 Å². The summed E-state index contributed by atoms with van der Waals surface area (Å²) in [4.78, 5) is 0. The van der Waals surface area contributed by atoms with Crippen molar-refractivity contribution in [1.82, 2.24) is 5.43 Å². The molecule has 1 aromatic rings. The largest absolute Gasteiger partial charge is 0.270 e. The molecule has 1 atom stereocenters. The Hall–Kier alpha value is -1.37. The quantitative estimate of drug-likeness (QED) is 0.607. The first-order valence-corrected chi connectivity index (χ1v) is 5.75. The number of nitrogens with two attached hydrogens (primary N) is 1. The first-order valence-electron chi connectivity index (χ1n) is 5.75. The molecule has 0 aromatic heterocycles. The summed E-state index contributed by atoms with van der Waals surface area (Å²) in [6.07, 6.45) is 0. The SMILES string of the molecule is Cc1ccc(C(C)(C)C)cc1C(C)(C#N)NN. The van der Waals surface area contributed by atoms with Crippen molar-refractivity contribution in [3.05, 3.63) is 34.9 Å². The van der Waals surface area contributed by atoms with Gasteiger partial charge in [0.05, 0.1) is 6.07 Å². The van der Waals surface area contributed by atoms with Crippen molar-refractivity contribution in [2.24, 2.45) is 5.84 Å². The van der Waals surface area contributed by atoms with Gasteiger partial charge in [-0.05, 0) is 36.0 Å². The molecule has 3 N–H and O–H groups in total. The highest BCUT2D eigenvalue weighted by Crippen LogP contribution is 2.29. The van der Waals surface area contributed by atoms with Gasteiger partial charge in [-0.15, -0.1) is 0 Å². The number of hydrazine groups is 1. The second-order valence-electron chi connectivity index (χ2n) is 5.66. The minimum atomic E-state index is -0.842. The molecule has 0 saturated heterocycles. The number of nitriles is 1. The Balaban J connectivity index is 3.40. The summed E-state index contributed by atoms with van der Waals surface area (Å²) in [5, 5.41) is 9.26. The fourth-order valence-electron chi connectivity index (χ4n) is 1.80. The van der Waals surface area contributed by atoms with Crippen LogP contribution in [-0.4, -0.2) is 0 Å². The normalized spacial score (nSPS) is 15.1. The van der Waals surface area contributed by atoms with E-state index in [9.17, 15) is 5.26 Å². The van der Waals surface area contributed by atoms with Crippen LogP contribution in [0.5, 0.6) is 0 Å². The highest BCUT2D eigenvalue weighted by atomic mass is 15.3. The lowest BCUT2D eigenvalue weighted by Gasteiger charge is -2.27. The molecule has 3 nitrogen and oxygen atoms in total. The molecular formula is C14H21N3. The van der Waals surface area contributed by atoms with Gasteiger partial charge in [0.25, 0.3) is 0 Å². The van der Waals surface area contributed by atoms with Gasteiger partial charge in [-0.3, -0.25) is 5.84 Å². The molecular weight excluding hydrogens is 210 g/mol. The molecule has 92 valence electrons. The van der Waals surface area contributed by atoms with E-state index in [1.807, 2.05) is 13.0 Å². The lowest BCUT2D eigenvalue weighted by Crippen LogP contribution is -2.43. The number of rotatable bonds is 2. The van der Waals surface area contributed by atoms with Gasteiger partial charge in [-0.1, -0.05) is 39.0 Å².